The van der Waals surface area contributed by atoms with Gasteiger partial charge < -0.3 is 10.1 Å². The molecule has 0 fully saturated rings. The fraction of sp³-hybridized carbons (Fsp3) is 0.278. The Balaban J connectivity index is 1.89. The topological polar surface area (TPSA) is 84.5 Å². The van der Waals surface area contributed by atoms with Crippen LogP contribution in [0.25, 0.3) is 0 Å². The van der Waals surface area contributed by atoms with E-state index >= 15 is 0 Å². The molecule has 0 saturated carbocycles. The Kier molecular flexibility index (Phi) is 7.02. The molecule has 0 unspecified atom stereocenters. The van der Waals surface area contributed by atoms with E-state index < -0.39 is 10.0 Å². The van der Waals surface area contributed by atoms with Crippen LogP contribution in [0.4, 0.5) is 5.69 Å². The van der Waals surface area contributed by atoms with Gasteiger partial charge in [0.25, 0.3) is 0 Å². The summed E-state index contributed by atoms with van der Waals surface area (Å²) in [6.45, 7) is 4.14. The van der Waals surface area contributed by atoms with Crippen molar-refractivity contribution in [1.29, 1.82) is 0 Å². The molecule has 0 atom stereocenters. The minimum Gasteiger partial charge on any atom is -0.494 e. The van der Waals surface area contributed by atoms with Crippen molar-refractivity contribution in [3.8, 4) is 5.75 Å². The highest BCUT2D eigenvalue weighted by Gasteiger charge is 2.14. The lowest BCUT2D eigenvalue weighted by Crippen LogP contribution is -2.28. The maximum atomic E-state index is 12.2. The van der Waals surface area contributed by atoms with Gasteiger partial charge in [-0.25, -0.2) is 13.1 Å². The average molecular weight is 397 g/mol. The van der Waals surface area contributed by atoms with E-state index in [0.29, 0.717) is 23.1 Å². The summed E-state index contributed by atoms with van der Waals surface area (Å²) in [5.74, 6) is 0.299. The predicted molar refractivity (Wildman–Crippen MR) is 102 cm³/mol. The van der Waals surface area contributed by atoms with Crippen molar-refractivity contribution in [3.05, 3.63) is 53.1 Å². The van der Waals surface area contributed by atoms with Gasteiger partial charge in [-0.3, -0.25) is 4.79 Å². The first-order valence-corrected chi connectivity index (χ1v) is 9.97. The van der Waals surface area contributed by atoms with Crippen molar-refractivity contribution < 1.29 is 17.9 Å². The highest BCUT2D eigenvalue weighted by molar-refractivity contribution is 7.89. The third-order valence-electron chi connectivity index (χ3n) is 3.63. The summed E-state index contributed by atoms with van der Waals surface area (Å²) in [6.07, 6.45) is 0.00220. The summed E-state index contributed by atoms with van der Waals surface area (Å²) in [4.78, 5) is 12.1. The number of hydrogen-bond acceptors (Lipinski definition) is 4. The summed E-state index contributed by atoms with van der Waals surface area (Å²) in [5.41, 5.74) is 1.37. The molecule has 140 valence electrons. The van der Waals surface area contributed by atoms with Crippen LogP contribution in [0.3, 0.4) is 0 Å². The molecule has 0 radical (unpaired) electrons. The van der Waals surface area contributed by atoms with Crippen LogP contribution in [0.5, 0.6) is 5.75 Å². The third-order valence-corrected chi connectivity index (χ3v) is 5.52. The Morgan fingerprint density at radius 2 is 1.85 bits per heavy atom. The zero-order chi connectivity index (χ0) is 19.2. The van der Waals surface area contributed by atoms with Gasteiger partial charge in [0.05, 0.1) is 11.5 Å². The smallest absolute Gasteiger partial charge is 0.240 e. The standard InChI is InChI=1S/C18H21ClN2O4S/c1-3-25-14-7-9-15(10-8-14)26(23,24)20-12-11-18(22)21-17-6-4-5-16(19)13(17)2/h4-10,20H,3,11-12H2,1-2H3,(H,21,22). The van der Waals surface area contributed by atoms with E-state index in [0.717, 1.165) is 5.56 Å². The second-order valence-corrected chi connectivity index (χ2v) is 7.69. The number of benzene rings is 2. The number of halogens is 1. The van der Waals surface area contributed by atoms with Gasteiger partial charge in [-0.1, -0.05) is 17.7 Å². The predicted octanol–water partition coefficient (Wildman–Crippen LogP) is 3.35. The van der Waals surface area contributed by atoms with Crippen LogP contribution in [-0.4, -0.2) is 27.5 Å². The van der Waals surface area contributed by atoms with E-state index in [1.165, 1.54) is 12.1 Å². The van der Waals surface area contributed by atoms with Crippen molar-refractivity contribution in [1.82, 2.24) is 4.72 Å². The SMILES string of the molecule is CCOc1ccc(S(=O)(=O)NCCC(=O)Nc2cccc(Cl)c2C)cc1. The van der Waals surface area contributed by atoms with Gasteiger partial charge in [0.2, 0.25) is 15.9 Å². The van der Waals surface area contributed by atoms with Gasteiger partial charge >= 0.3 is 0 Å². The minimum atomic E-state index is -3.68. The Morgan fingerprint density at radius 3 is 2.50 bits per heavy atom. The van der Waals surface area contributed by atoms with Crippen molar-refractivity contribution in [2.24, 2.45) is 0 Å². The van der Waals surface area contributed by atoms with Crippen LogP contribution in [0, 0.1) is 6.92 Å². The molecule has 0 aliphatic carbocycles. The monoisotopic (exact) mass is 396 g/mol. The first-order chi connectivity index (χ1) is 12.3. The van der Waals surface area contributed by atoms with Crippen LogP contribution in [0.2, 0.25) is 5.02 Å². The first kappa shape index (κ1) is 20.2. The average Bonchev–Trinajstić information content (AvgIpc) is 2.59. The number of carbonyl (C=O) groups excluding carboxylic acids is 1. The second-order valence-electron chi connectivity index (χ2n) is 5.51. The molecule has 0 heterocycles. The number of carbonyl (C=O) groups is 1. The molecule has 2 aromatic carbocycles. The van der Waals surface area contributed by atoms with E-state index in [2.05, 4.69) is 10.0 Å². The molecular weight excluding hydrogens is 376 g/mol. The van der Waals surface area contributed by atoms with E-state index in [1.807, 2.05) is 6.92 Å². The van der Waals surface area contributed by atoms with Crippen LogP contribution in [0.15, 0.2) is 47.4 Å². The molecular formula is C18H21ClN2O4S. The highest BCUT2D eigenvalue weighted by atomic mass is 35.5. The molecule has 26 heavy (non-hydrogen) atoms. The van der Waals surface area contributed by atoms with E-state index in [-0.39, 0.29) is 23.8 Å². The fourth-order valence-corrected chi connectivity index (χ4v) is 3.43. The lowest BCUT2D eigenvalue weighted by atomic mass is 10.2. The maximum absolute atomic E-state index is 12.2. The molecule has 8 heteroatoms. The number of hydrogen-bond donors (Lipinski definition) is 2. The zero-order valence-corrected chi connectivity index (χ0v) is 16.2. The summed E-state index contributed by atoms with van der Waals surface area (Å²) < 4.78 is 32.2. The molecule has 0 saturated heterocycles. The fourth-order valence-electron chi connectivity index (χ4n) is 2.22. The van der Waals surface area contributed by atoms with Crippen LogP contribution in [-0.2, 0) is 14.8 Å². The highest BCUT2D eigenvalue weighted by Crippen LogP contribution is 2.23. The lowest BCUT2D eigenvalue weighted by molar-refractivity contribution is -0.116. The quantitative estimate of drug-likeness (QED) is 0.716. The molecule has 2 rings (SSSR count). The van der Waals surface area contributed by atoms with Gasteiger partial charge in [-0.05, 0) is 55.8 Å². The first-order valence-electron chi connectivity index (χ1n) is 8.11. The molecule has 1 amide bonds. The van der Waals surface area contributed by atoms with Gasteiger partial charge in [0.15, 0.2) is 0 Å². The number of ether oxygens (including phenoxy) is 1. The van der Waals surface area contributed by atoms with Gasteiger partial charge in [-0.15, -0.1) is 0 Å². The molecule has 2 N–H and O–H groups in total. The normalized spacial score (nSPS) is 11.2. The molecule has 0 bridgehead atoms. The summed E-state index contributed by atoms with van der Waals surface area (Å²) in [7, 11) is -3.68. The Hall–Kier alpha value is -2.09. The number of anilines is 1. The molecule has 0 aliphatic heterocycles. The van der Waals surface area contributed by atoms with Crippen molar-refractivity contribution in [3.63, 3.8) is 0 Å². The summed E-state index contributed by atoms with van der Waals surface area (Å²) in [5, 5.41) is 3.28. The van der Waals surface area contributed by atoms with Crippen molar-refractivity contribution in [2.45, 2.75) is 25.2 Å². The Morgan fingerprint density at radius 1 is 1.15 bits per heavy atom. The van der Waals surface area contributed by atoms with E-state index in [1.54, 1.807) is 37.3 Å². The van der Waals surface area contributed by atoms with Crippen molar-refractivity contribution in [2.75, 3.05) is 18.5 Å². The molecule has 0 spiro atoms. The van der Waals surface area contributed by atoms with E-state index in [4.69, 9.17) is 16.3 Å². The molecule has 0 aromatic heterocycles. The Labute approximate surface area is 158 Å². The van der Waals surface area contributed by atoms with Gasteiger partial charge in [0.1, 0.15) is 5.75 Å². The van der Waals surface area contributed by atoms with Crippen LogP contribution in [0.1, 0.15) is 18.9 Å². The summed E-state index contributed by atoms with van der Waals surface area (Å²) in [6, 6.07) is 11.3. The molecule has 2 aromatic rings. The van der Waals surface area contributed by atoms with E-state index in [9.17, 15) is 13.2 Å². The number of rotatable bonds is 8. The number of amides is 1. The van der Waals surface area contributed by atoms with Gasteiger partial charge in [-0.2, -0.15) is 0 Å². The lowest BCUT2D eigenvalue weighted by Gasteiger charge is -2.10. The molecule has 6 nitrogen and oxygen atoms in total. The third kappa shape index (κ3) is 5.45. The zero-order valence-electron chi connectivity index (χ0n) is 14.6. The number of sulfonamides is 1. The summed E-state index contributed by atoms with van der Waals surface area (Å²) >= 11 is 6.01. The van der Waals surface area contributed by atoms with Crippen molar-refractivity contribution >= 4 is 33.2 Å². The van der Waals surface area contributed by atoms with Crippen LogP contribution < -0.4 is 14.8 Å². The second kappa shape index (κ2) is 9.02. The Bertz CT molecular complexity index is 867. The molecule has 0 aliphatic rings. The van der Waals surface area contributed by atoms with Gasteiger partial charge in [0, 0.05) is 23.7 Å². The largest absolute Gasteiger partial charge is 0.494 e. The maximum Gasteiger partial charge on any atom is 0.240 e. The minimum absolute atomic E-state index is 0.00220. The van der Waals surface area contributed by atoms with Crippen LogP contribution >= 0.6 is 11.6 Å². The number of nitrogens with one attached hydrogen (secondary N) is 2.